The molecule has 98 valence electrons. The van der Waals surface area contributed by atoms with Crippen molar-refractivity contribution in [1.29, 1.82) is 0 Å². The van der Waals surface area contributed by atoms with Gasteiger partial charge in [-0.1, -0.05) is 6.92 Å². The Hall–Kier alpha value is -1.72. The molecular formula is C12H16N2O4. The number of hydrogen-bond acceptors (Lipinski definition) is 4. The van der Waals surface area contributed by atoms with Gasteiger partial charge >= 0.3 is 0 Å². The lowest BCUT2D eigenvalue weighted by atomic mass is 10.0. The van der Waals surface area contributed by atoms with Crippen LogP contribution in [0.2, 0.25) is 0 Å². The van der Waals surface area contributed by atoms with E-state index >= 15 is 0 Å². The Kier molecular flexibility index (Phi) is 3.45. The fourth-order valence-corrected chi connectivity index (χ4v) is 2.46. The lowest BCUT2D eigenvalue weighted by Crippen LogP contribution is -2.56. The molecule has 2 saturated heterocycles. The van der Waals surface area contributed by atoms with Crippen LogP contribution in [0.5, 0.6) is 0 Å². The van der Waals surface area contributed by atoms with E-state index < -0.39 is 11.9 Å². The zero-order valence-electron chi connectivity index (χ0n) is 10.3. The lowest BCUT2D eigenvalue weighted by molar-refractivity contribution is -0.159. The number of nitrogens with zero attached hydrogens (tertiary/aromatic N) is 2. The van der Waals surface area contributed by atoms with Crippen molar-refractivity contribution in [3.8, 4) is 0 Å². The summed E-state index contributed by atoms with van der Waals surface area (Å²) >= 11 is 0. The number of carbonyl (C=O) groups is 4. The van der Waals surface area contributed by atoms with Crippen molar-refractivity contribution in [2.45, 2.75) is 45.1 Å². The van der Waals surface area contributed by atoms with Crippen molar-refractivity contribution < 1.29 is 19.2 Å². The Morgan fingerprint density at radius 2 is 1.61 bits per heavy atom. The number of amides is 4. The van der Waals surface area contributed by atoms with Crippen LogP contribution in [-0.2, 0) is 19.2 Å². The molecule has 4 amide bonds. The molecule has 2 aliphatic rings. The first-order valence-electron chi connectivity index (χ1n) is 6.25. The molecule has 2 rings (SSSR count). The third-order valence-corrected chi connectivity index (χ3v) is 3.33. The maximum absolute atomic E-state index is 12.2. The van der Waals surface area contributed by atoms with Crippen LogP contribution >= 0.6 is 0 Å². The quantitative estimate of drug-likeness (QED) is 0.666. The van der Waals surface area contributed by atoms with Gasteiger partial charge in [-0.2, -0.15) is 0 Å². The molecular weight excluding hydrogens is 236 g/mol. The Morgan fingerprint density at radius 1 is 1.00 bits per heavy atom. The summed E-state index contributed by atoms with van der Waals surface area (Å²) in [6.45, 7) is 2.22. The smallest absolute Gasteiger partial charge is 0.252 e. The summed E-state index contributed by atoms with van der Waals surface area (Å²) in [5.41, 5.74) is 0. The molecule has 0 aromatic rings. The Labute approximate surface area is 105 Å². The van der Waals surface area contributed by atoms with Crippen LogP contribution in [0, 0.1) is 0 Å². The zero-order valence-corrected chi connectivity index (χ0v) is 10.3. The third kappa shape index (κ3) is 2.02. The van der Waals surface area contributed by atoms with Gasteiger partial charge in [0.05, 0.1) is 0 Å². The van der Waals surface area contributed by atoms with Gasteiger partial charge in [-0.15, -0.1) is 0 Å². The van der Waals surface area contributed by atoms with Gasteiger partial charge in [0.2, 0.25) is 17.7 Å². The molecule has 6 heteroatoms. The fourth-order valence-electron chi connectivity index (χ4n) is 2.46. The molecule has 0 bridgehead atoms. The van der Waals surface area contributed by atoms with Gasteiger partial charge in [0.15, 0.2) is 0 Å². The highest BCUT2D eigenvalue weighted by atomic mass is 16.2. The van der Waals surface area contributed by atoms with Crippen LogP contribution in [0.3, 0.4) is 0 Å². The summed E-state index contributed by atoms with van der Waals surface area (Å²) in [7, 11) is 0. The molecule has 1 atom stereocenters. The van der Waals surface area contributed by atoms with Crippen molar-refractivity contribution in [1.82, 2.24) is 9.80 Å². The van der Waals surface area contributed by atoms with Crippen LogP contribution in [0.15, 0.2) is 0 Å². The van der Waals surface area contributed by atoms with Gasteiger partial charge in [-0.3, -0.25) is 29.0 Å². The van der Waals surface area contributed by atoms with E-state index in [1.54, 1.807) is 0 Å². The first kappa shape index (κ1) is 12.7. The van der Waals surface area contributed by atoms with Gasteiger partial charge < -0.3 is 0 Å². The van der Waals surface area contributed by atoms with E-state index in [4.69, 9.17) is 0 Å². The van der Waals surface area contributed by atoms with Gasteiger partial charge in [-0.25, -0.2) is 0 Å². The zero-order chi connectivity index (χ0) is 13.3. The SMILES string of the molecule is CCCN1C(=O)CCC(N2C(=O)CCC2=O)C1=O. The van der Waals surface area contributed by atoms with Gasteiger partial charge in [0.1, 0.15) is 6.04 Å². The summed E-state index contributed by atoms with van der Waals surface area (Å²) in [5, 5.41) is 0. The van der Waals surface area contributed by atoms with Crippen molar-refractivity contribution >= 4 is 23.6 Å². The molecule has 2 heterocycles. The van der Waals surface area contributed by atoms with Crippen LogP contribution in [0.1, 0.15) is 39.0 Å². The first-order valence-corrected chi connectivity index (χ1v) is 6.25. The van der Waals surface area contributed by atoms with Crippen LogP contribution in [0.25, 0.3) is 0 Å². The fraction of sp³-hybridized carbons (Fsp3) is 0.667. The summed E-state index contributed by atoms with van der Waals surface area (Å²) < 4.78 is 0. The highest BCUT2D eigenvalue weighted by Gasteiger charge is 2.43. The van der Waals surface area contributed by atoms with Crippen LogP contribution < -0.4 is 0 Å². The summed E-state index contributed by atoms with van der Waals surface area (Å²) in [4.78, 5) is 49.3. The van der Waals surface area contributed by atoms with Crippen molar-refractivity contribution in [2.75, 3.05) is 6.54 Å². The Balaban J connectivity index is 2.19. The monoisotopic (exact) mass is 252 g/mol. The van der Waals surface area contributed by atoms with E-state index in [2.05, 4.69) is 0 Å². The number of carbonyl (C=O) groups excluding carboxylic acids is 4. The molecule has 0 aliphatic carbocycles. The molecule has 0 radical (unpaired) electrons. The first-order chi connectivity index (χ1) is 8.56. The van der Waals surface area contributed by atoms with Crippen molar-refractivity contribution in [3.05, 3.63) is 0 Å². The summed E-state index contributed by atoms with van der Waals surface area (Å²) in [6.07, 6.45) is 1.49. The topological polar surface area (TPSA) is 74.8 Å². The molecule has 2 fully saturated rings. The van der Waals surface area contributed by atoms with E-state index in [0.29, 0.717) is 13.0 Å². The number of piperidine rings is 1. The Bertz CT molecular complexity index is 402. The lowest BCUT2D eigenvalue weighted by Gasteiger charge is -2.34. The molecule has 0 aromatic carbocycles. The highest BCUT2D eigenvalue weighted by molar-refractivity contribution is 6.08. The second-order valence-corrected chi connectivity index (χ2v) is 4.60. The maximum atomic E-state index is 12.2. The second-order valence-electron chi connectivity index (χ2n) is 4.60. The molecule has 0 aromatic heterocycles. The van der Waals surface area contributed by atoms with Gasteiger partial charge in [0, 0.05) is 25.8 Å². The van der Waals surface area contributed by atoms with Gasteiger partial charge in [0.25, 0.3) is 5.91 Å². The number of imide groups is 2. The largest absolute Gasteiger partial charge is 0.281 e. The average molecular weight is 252 g/mol. The number of hydrogen-bond donors (Lipinski definition) is 0. The highest BCUT2D eigenvalue weighted by Crippen LogP contribution is 2.24. The molecule has 18 heavy (non-hydrogen) atoms. The number of likely N-dealkylation sites (tertiary alicyclic amines) is 2. The van der Waals surface area contributed by atoms with E-state index in [9.17, 15) is 19.2 Å². The van der Waals surface area contributed by atoms with E-state index in [1.807, 2.05) is 6.92 Å². The van der Waals surface area contributed by atoms with Crippen molar-refractivity contribution in [3.63, 3.8) is 0 Å². The van der Waals surface area contributed by atoms with Crippen LogP contribution in [0.4, 0.5) is 0 Å². The third-order valence-electron chi connectivity index (χ3n) is 3.33. The van der Waals surface area contributed by atoms with Crippen LogP contribution in [-0.4, -0.2) is 46.0 Å². The Morgan fingerprint density at radius 3 is 2.17 bits per heavy atom. The predicted molar refractivity (Wildman–Crippen MR) is 61.1 cm³/mol. The summed E-state index contributed by atoms with van der Waals surface area (Å²) in [5.74, 6) is -1.22. The summed E-state index contributed by atoms with van der Waals surface area (Å²) in [6, 6.07) is -0.767. The van der Waals surface area contributed by atoms with E-state index in [-0.39, 0.29) is 43.4 Å². The second kappa shape index (κ2) is 4.88. The maximum Gasteiger partial charge on any atom is 0.252 e. The minimum atomic E-state index is -0.767. The minimum absolute atomic E-state index is 0.171. The predicted octanol–water partition coefficient (Wildman–Crippen LogP) is 0.0630. The van der Waals surface area contributed by atoms with Gasteiger partial charge in [-0.05, 0) is 12.8 Å². The minimum Gasteiger partial charge on any atom is -0.281 e. The molecule has 2 aliphatic heterocycles. The molecule has 1 unspecified atom stereocenters. The standard InChI is InChI=1S/C12H16N2O4/c1-2-7-13-9(15)4-3-8(12(13)18)14-10(16)5-6-11(14)17/h8H,2-7H2,1H3. The molecule has 0 N–H and O–H groups in total. The average Bonchev–Trinajstić information content (AvgIpc) is 2.66. The molecule has 0 saturated carbocycles. The van der Waals surface area contributed by atoms with E-state index in [1.165, 1.54) is 4.90 Å². The molecule has 6 nitrogen and oxygen atoms in total. The molecule has 0 spiro atoms. The normalized spacial score (nSPS) is 25.3. The van der Waals surface area contributed by atoms with Crippen molar-refractivity contribution in [2.24, 2.45) is 0 Å². The number of rotatable bonds is 3. The van der Waals surface area contributed by atoms with E-state index in [0.717, 1.165) is 4.90 Å².